The molecule has 3 rings (SSSR count). The van der Waals surface area contributed by atoms with E-state index in [1.54, 1.807) is 0 Å². The molecule has 2 aliphatic rings. The maximum Gasteiger partial charge on any atom is 0.0750 e. The van der Waals surface area contributed by atoms with Gasteiger partial charge in [0, 0.05) is 31.1 Å². The number of benzene rings is 1. The molecule has 0 amide bonds. The molecule has 0 saturated carbocycles. The number of nitrogens with two attached hydrogens (primary N) is 1. The summed E-state index contributed by atoms with van der Waals surface area (Å²) in [5.41, 5.74) is 9.48. The Balaban J connectivity index is 1.78. The molecule has 1 atom stereocenters. The van der Waals surface area contributed by atoms with E-state index in [4.69, 9.17) is 10.5 Å². The minimum atomic E-state index is 0.429. The Bertz CT molecular complexity index is 399. The first kappa shape index (κ1) is 10.9. The van der Waals surface area contributed by atoms with Gasteiger partial charge in [-0.05, 0) is 49.4 Å². The summed E-state index contributed by atoms with van der Waals surface area (Å²) in [6, 6.07) is 6.29. The number of ether oxygens (including phenoxy) is 1. The maximum absolute atomic E-state index is 5.85. The first-order valence-corrected chi connectivity index (χ1v) is 6.58. The molecule has 2 N–H and O–H groups in total. The highest BCUT2D eigenvalue weighted by molar-refractivity contribution is 5.61. The molecule has 92 valence electrons. The zero-order chi connectivity index (χ0) is 11.7. The number of hydrogen-bond donors (Lipinski definition) is 1. The number of anilines is 2. The minimum absolute atomic E-state index is 0.429. The van der Waals surface area contributed by atoms with Gasteiger partial charge >= 0.3 is 0 Å². The Morgan fingerprint density at radius 3 is 3.12 bits per heavy atom. The lowest BCUT2D eigenvalue weighted by Gasteiger charge is -2.33. The van der Waals surface area contributed by atoms with Crippen molar-refractivity contribution in [3.63, 3.8) is 0 Å². The van der Waals surface area contributed by atoms with Crippen molar-refractivity contribution in [2.75, 3.05) is 30.3 Å². The summed E-state index contributed by atoms with van der Waals surface area (Å²) in [6.07, 6.45) is 5.23. The average Bonchev–Trinajstić information content (AvgIpc) is 2.82. The van der Waals surface area contributed by atoms with E-state index in [1.807, 2.05) is 6.07 Å². The molecule has 0 bridgehead atoms. The molecule has 1 aromatic carbocycles. The molecule has 2 aliphatic heterocycles. The second-order valence-electron chi connectivity index (χ2n) is 5.07. The van der Waals surface area contributed by atoms with Crippen LogP contribution in [-0.4, -0.2) is 25.8 Å². The van der Waals surface area contributed by atoms with Crippen LogP contribution >= 0.6 is 0 Å². The second kappa shape index (κ2) is 4.57. The van der Waals surface area contributed by atoms with E-state index in [-0.39, 0.29) is 0 Å². The molecule has 0 aromatic heterocycles. The van der Waals surface area contributed by atoms with Crippen molar-refractivity contribution in [2.45, 2.75) is 31.8 Å². The fourth-order valence-electron chi connectivity index (χ4n) is 2.92. The summed E-state index contributed by atoms with van der Waals surface area (Å²) < 4.78 is 5.73. The van der Waals surface area contributed by atoms with Crippen molar-refractivity contribution >= 4 is 11.4 Å². The van der Waals surface area contributed by atoms with Crippen LogP contribution in [0.5, 0.6) is 0 Å². The maximum atomic E-state index is 5.85. The van der Waals surface area contributed by atoms with E-state index in [1.165, 1.54) is 30.5 Å². The molecule has 0 radical (unpaired) electrons. The summed E-state index contributed by atoms with van der Waals surface area (Å²) in [4.78, 5) is 2.47. The van der Waals surface area contributed by atoms with E-state index in [0.29, 0.717) is 6.10 Å². The highest BCUT2D eigenvalue weighted by atomic mass is 16.5. The monoisotopic (exact) mass is 232 g/mol. The predicted octanol–water partition coefficient (Wildman–Crippen LogP) is 2.20. The Morgan fingerprint density at radius 2 is 2.29 bits per heavy atom. The molecule has 0 aliphatic carbocycles. The van der Waals surface area contributed by atoms with Crippen LogP contribution in [-0.2, 0) is 11.2 Å². The van der Waals surface area contributed by atoms with Crippen LogP contribution in [0, 0.1) is 0 Å². The fourth-order valence-corrected chi connectivity index (χ4v) is 2.92. The van der Waals surface area contributed by atoms with Crippen LogP contribution in [0.15, 0.2) is 18.2 Å². The number of nitrogens with zero attached hydrogens (tertiary/aromatic N) is 1. The quantitative estimate of drug-likeness (QED) is 0.794. The van der Waals surface area contributed by atoms with E-state index in [2.05, 4.69) is 17.0 Å². The topological polar surface area (TPSA) is 38.5 Å². The van der Waals surface area contributed by atoms with Gasteiger partial charge in [-0.15, -0.1) is 0 Å². The number of aryl methyl sites for hydroxylation is 1. The molecular formula is C14H20N2O. The van der Waals surface area contributed by atoms with Gasteiger partial charge in [0.1, 0.15) is 0 Å². The highest BCUT2D eigenvalue weighted by Gasteiger charge is 2.22. The highest BCUT2D eigenvalue weighted by Crippen LogP contribution is 2.29. The van der Waals surface area contributed by atoms with E-state index in [0.717, 1.165) is 31.8 Å². The Hall–Kier alpha value is -1.22. The summed E-state index contributed by atoms with van der Waals surface area (Å²) >= 11 is 0. The lowest BCUT2D eigenvalue weighted by atomic mass is 10.0. The van der Waals surface area contributed by atoms with Crippen LogP contribution in [0.25, 0.3) is 0 Å². The first-order chi connectivity index (χ1) is 8.33. The van der Waals surface area contributed by atoms with Gasteiger partial charge in [0.2, 0.25) is 0 Å². The SMILES string of the molecule is Nc1ccc2c(c1)CCCN2CC1CCCO1. The number of rotatable bonds is 2. The smallest absolute Gasteiger partial charge is 0.0750 e. The Kier molecular flexibility index (Phi) is 2.93. The molecule has 17 heavy (non-hydrogen) atoms. The fraction of sp³-hybridized carbons (Fsp3) is 0.571. The van der Waals surface area contributed by atoms with Crippen molar-refractivity contribution in [1.29, 1.82) is 0 Å². The third-order valence-electron chi connectivity index (χ3n) is 3.77. The van der Waals surface area contributed by atoms with Gasteiger partial charge in [-0.3, -0.25) is 0 Å². The molecule has 1 aromatic rings. The Labute approximate surface area is 103 Å². The molecule has 1 fully saturated rings. The summed E-state index contributed by atoms with van der Waals surface area (Å²) in [5, 5.41) is 0. The summed E-state index contributed by atoms with van der Waals surface area (Å²) in [7, 11) is 0. The molecule has 2 heterocycles. The van der Waals surface area contributed by atoms with E-state index in [9.17, 15) is 0 Å². The first-order valence-electron chi connectivity index (χ1n) is 6.58. The number of hydrogen-bond acceptors (Lipinski definition) is 3. The zero-order valence-electron chi connectivity index (χ0n) is 10.2. The normalized spacial score (nSPS) is 23.8. The van der Waals surface area contributed by atoms with E-state index >= 15 is 0 Å². The van der Waals surface area contributed by atoms with Crippen molar-refractivity contribution in [2.24, 2.45) is 0 Å². The second-order valence-corrected chi connectivity index (χ2v) is 5.07. The van der Waals surface area contributed by atoms with Crippen LogP contribution in [0.3, 0.4) is 0 Å². The Morgan fingerprint density at radius 1 is 1.35 bits per heavy atom. The standard InChI is InChI=1S/C14H20N2O/c15-12-5-6-14-11(9-12)3-1-7-16(14)10-13-4-2-8-17-13/h5-6,9,13H,1-4,7-8,10,15H2. The van der Waals surface area contributed by atoms with Crippen LogP contribution < -0.4 is 10.6 Å². The third kappa shape index (κ3) is 2.25. The van der Waals surface area contributed by atoms with Gasteiger partial charge in [-0.1, -0.05) is 0 Å². The van der Waals surface area contributed by atoms with E-state index < -0.39 is 0 Å². The lowest BCUT2D eigenvalue weighted by molar-refractivity contribution is 0.115. The molecule has 1 saturated heterocycles. The van der Waals surface area contributed by atoms with Crippen molar-refractivity contribution in [3.05, 3.63) is 23.8 Å². The van der Waals surface area contributed by atoms with Gasteiger partial charge in [0.15, 0.2) is 0 Å². The van der Waals surface area contributed by atoms with Crippen molar-refractivity contribution < 1.29 is 4.74 Å². The average molecular weight is 232 g/mol. The van der Waals surface area contributed by atoms with Gasteiger partial charge in [0.25, 0.3) is 0 Å². The molecule has 3 nitrogen and oxygen atoms in total. The van der Waals surface area contributed by atoms with Crippen LogP contribution in [0.4, 0.5) is 11.4 Å². The van der Waals surface area contributed by atoms with Crippen LogP contribution in [0.1, 0.15) is 24.8 Å². The van der Waals surface area contributed by atoms with Crippen molar-refractivity contribution in [3.8, 4) is 0 Å². The summed E-state index contributed by atoms with van der Waals surface area (Å²) in [6.45, 7) is 3.13. The van der Waals surface area contributed by atoms with Gasteiger partial charge in [-0.25, -0.2) is 0 Å². The van der Waals surface area contributed by atoms with Crippen molar-refractivity contribution in [1.82, 2.24) is 0 Å². The van der Waals surface area contributed by atoms with Gasteiger partial charge in [-0.2, -0.15) is 0 Å². The number of fused-ring (bicyclic) bond motifs is 1. The largest absolute Gasteiger partial charge is 0.399 e. The summed E-state index contributed by atoms with van der Waals surface area (Å²) in [5.74, 6) is 0. The minimum Gasteiger partial charge on any atom is -0.399 e. The van der Waals surface area contributed by atoms with Gasteiger partial charge < -0.3 is 15.4 Å². The molecular weight excluding hydrogens is 212 g/mol. The lowest BCUT2D eigenvalue weighted by Crippen LogP contribution is -2.36. The van der Waals surface area contributed by atoms with Gasteiger partial charge in [0.05, 0.1) is 6.10 Å². The number of nitrogen functional groups attached to an aromatic ring is 1. The van der Waals surface area contributed by atoms with Crippen LogP contribution in [0.2, 0.25) is 0 Å². The molecule has 3 heteroatoms. The molecule has 1 unspecified atom stereocenters. The zero-order valence-corrected chi connectivity index (χ0v) is 10.2. The molecule has 0 spiro atoms. The third-order valence-corrected chi connectivity index (χ3v) is 3.77. The predicted molar refractivity (Wildman–Crippen MR) is 70.4 cm³/mol.